The summed E-state index contributed by atoms with van der Waals surface area (Å²) in [6.07, 6.45) is 6.10. The minimum atomic E-state index is 0.415. The lowest BCUT2D eigenvalue weighted by Crippen LogP contribution is -2.15. The van der Waals surface area contributed by atoms with Crippen LogP contribution in [-0.2, 0) is 5.75 Å². The van der Waals surface area contributed by atoms with Crippen molar-refractivity contribution in [3.8, 4) is 11.4 Å². The van der Waals surface area contributed by atoms with Gasteiger partial charge in [0, 0.05) is 26.9 Å². The molecule has 1 heterocycles. The highest BCUT2D eigenvalue weighted by molar-refractivity contribution is 9.10. The number of benzene rings is 2. The Balaban J connectivity index is 1.67. The van der Waals surface area contributed by atoms with Crippen molar-refractivity contribution in [2.24, 2.45) is 0 Å². The van der Waals surface area contributed by atoms with E-state index in [1.165, 1.54) is 24.8 Å². The van der Waals surface area contributed by atoms with Crippen molar-refractivity contribution < 1.29 is 0 Å². The molecule has 4 rings (SSSR count). The summed E-state index contributed by atoms with van der Waals surface area (Å²) in [6, 6.07) is 14.4. The second-order valence-corrected chi connectivity index (χ2v) is 9.71. The van der Waals surface area contributed by atoms with Crippen LogP contribution in [-0.4, -0.2) is 14.8 Å². The molecule has 2 aromatic carbocycles. The van der Waals surface area contributed by atoms with E-state index in [9.17, 15) is 0 Å². The molecule has 0 unspecified atom stereocenters. The van der Waals surface area contributed by atoms with Crippen LogP contribution in [0.4, 0.5) is 0 Å². The molecule has 1 fully saturated rings. The molecular formula is C21H20BrCl2N3S. The molecule has 3 aromatic rings. The summed E-state index contributed by atoms with van der Waals surface area (Å²) < 4.78 is 3.39. The second kappa shape index (κ2) is 9.21. The number of nitrogens with zero attached hydrogens (tertiary/aromatic N) is 3. The number of hydrogen-bond donors (Lipinski definition) is 0. The zero-order valence-electron chi connectivity index (χ0n) is 15.2. The van der Waals surface area contributed by atoms with Crippen LogP contribution in [0.1, 0.15) is 43.7 Å². The summed E-state index contributed by atoms with van der Waals surface area (Å²) >= 11 is 17.8. The molecule has 0 radical (unpaired) electrons. The number of thioether (sulfide) groups is 1. The fourth-order valence-electron chi connectivity index (χ4n) is 3.63. The number of rotatable bonds is 5. The van der Waals surface area contributed by atoms with Gasteiger partial charge in [-0.25, -0.2) is 0 Å². The summed E-state index contributed by atoms with van der Waals surface area (Å²) in [5.74, 6) is 1.69. The maximum absolute atomic E-state index is 6.50. The van der Waals surface area contributed by atoms with E-state index in [1.54, 1.807) is 17.8 Å². The summed E-state index contributed by atoms with van der Waals surface area (Å²) in [5.41, 5.74) is 2.15. The van der Waals surface area contributed by atoms with Gasteiger partial charge >= 0.3 is 0 Å². The third-order valence-corrected chi connectivity index (χ3v) is 7.15. The normalized spacial score (nSPS) is 15.1. The Morgan fingerprint density at radius 2 is 1.75 bits per heavy atom. The first kappa shape index (κ1) is 20.3. The average Bonchev–Trinajstić information content (AvgIpc) is 3.12. The Hall–Kier alpha value is -1.01. The quantitative estimate of drug-likeness (QED) is 0.337. The molecule has 0 aliphatic heterocycles. The number of aromatic nitrogens is 3. The smallest absolute Gasteiger partial charge is 0.192 e. The minimum Gasteiger partial charge on any atom is -0.299 e. The van der Waals surface area contributed by atoms with Crippen molar-refractivity contribution in [3.05, 3.63) is 62.5 Å². The Morgan fingerprint density at radius 3 is 2.46 bits per heavy atom. The predicted molar refractivity (Wildman–Crippen MR) is 121 cm³/mol. The van der Waals surface area contributed by atoms with Crippen molar-refractivity contribution >= 4 is 50.9 Å². The zero-order chi connectivity index (χ0) is 19.5. The van der Waals surface area contributed by atoms with Gasteiger partial charge in [0.2, 0.25) is 0 Å². The summed E-state index contributed by atoms with van der Waals surface area (Å²) in [6.45, 7) is 0. The first-order chi connectivity index (χ1) is 13.6. The SMILES string of the molecule is Clc1ccc(-c2nnc(SCc3ccc(Br)cc3)n2C2CCCCC2)c(Cl)c1. The Labute approximate surface area is 188 Å². The van der Waals surface area contributed by atoms with Crippen LogP contribution in [0.5, 0.6) is 0 Å². The van der Waals surface area contributed by atoms with Gasteiger partial charge < -0.3 is 0 Å². The molecule has 7 heteroatoms. The summed E-state index contributed by atoms with van der Waals surface area (Å²) in [7, 11) is 0. The molecule has 1 saturated carbocycles. The topological polar surface area (TPSA) is 30.7 Å². The van der Waals surface area contributed by atoms with Crippen LogP contribution < -0.4 is 0 Å². The molecule has 1 aromatic heterocycles. The summed E-state index contributed by atoms with van der Waals surface area (Å²) in [4.78, 5) is 0. The second-order valence-electron chi connectivity index (χ2n) is 7.01. The van der Waals surface area contributed by atoms with Gasteiger partial charge in [-0.15, -0.1) is 10.2 Å². The molecule has 146 valence electrons. The van der Waals surface area contributed by atoms with E-state index < -0.39 is 0 Å². The highest BCUT2D eigenvalue weighted by Gasteiger charge is 2.25. The van der Waals surface area contributed by atoms with Crippen molar-refractivity contribution in [1.82, 2.24) is 14.8 Å². The van der Waals surface area contributed by atoms with Gasteiger partial charge in [0.1, 0.15) is 0 Å². The standard InChI is InChI=1S/C21H20BrCl2N3S/c22-15-8-6-14(7-9-15)13-28-21-26-25-20(18-11-10-16(23)12-19(18)24)27(21)17-4-2-1-3-5-17/h6-12,17H,1-5,13H2. The van der Waals surface area contributed by atoms with E-state index in [2.05, 4.69) is 55.0 Å². The number of hydrogen-bond acceptors (Lipinski definition) is 3. The van der Waals surface area contributed by atoms with E-state index in [4.69, 9.17) is 23.2 Å². The maximum Gasteiger partial charge on any atom is 0.192 e. The Morgan fingerprint density at radius 1 is 1.00 bits per heavy atom. The molecule has 1 aliphatic carbocycles. The molecule has 0 spiro atoms. The molecule has 0 saturated heterocycles. The fourth-order valence-corrected chi connectivity index (χ4v) is 5.35. The van der Waals surface area contributed by atoms with E-state index >= 15 is 0 Å². The van der Waals surface area contributed by atoms with Crippen LogP contribution in [0.15, 0.2) is 52.1 Å². The highest BCUT2D eigenvalue weighted by atomic mass is 79.9. The Kier molecular flexibility index (Phi) is 6.66. The average molecular weight is 497 g/mol. The van der Waals surface area contributed by atoms with Crippen molar-refractivity contribution in [2.75, 3.05) is 0 Å². The molecule has 0 amide bonds. The van der Waals surface area contributed by atoms with Gasteiger partial charge in [0.25, 0.3) is 0 Å². The van der Waals surface area contributed by atoms with Crippen molar-refractivity contribution in [2.45, 2.75) is 49.1 Å². The number of halogens is 3. The van der Waals surface area contributed by atoms with E-state index in [0.29, 0.717) is 16.1 Å². The lowest BCUT2D eigenvalue weighted by Gasteiger charge is -2.25. The van der Waals surface area contributed by atoms with Gasteiger partial charge in [-0.3, -0.25) is 4.57 Å². The third kappa shape index (κ3) is 4.59. The summed E-state index contributed by atoms with van der Waals surface area (Å²) in [5, 5.41) is 11.3. The van der Waals surface area contributed by atoms with E-state index in [0.717, 1.165) is 39.6 Å². The predicted octanol–water partition coefficient (Wildman–Crippen LogP) is 7.81. The van der Waals surface area contributed by atoms with Crippen molar-refractivity contribution in [3.63, 3.8) is 0 Å². The molecule has 28 heavy (non-hydrogen) atoms. The van der Waals surface area contributed by atoms with Gasteiger partial charge in [-0.2, -0.15) is 0 Å². The van der Waals surface area contributed by atoms with Crippen LogP contribution >= 0.6 is 50.9 Å². The van der Waals surface area contributed by atoms with Gasteiger partial charge in [0.05, 0.1) is 5.02 Å². The van der Waals surface area contributed by atoms with Gasteiger partial charge in [-0.1, -0.05) is 82.3 Å². The molecular weight excluding hydrogens is 477 g/mol. The Bertz CT molecular complexity index is 953. The third-order valence-electron chi connectivity index (χ3n) is 5.06. The van der Waals surface area contributed by atoms with Gasteiger partial charge in [-0.05, 0) is 48.7 Å². The molecule has 0 N–H and O–H groups in total. The molecule has 0 bridgehead atoms. The van der Waals surface area contributed by atoms with Crippen LogP contribution in [0.2, 0.25) is 10.0 Å². The van der Waals surface area contributed by atoms with Crippen molar-refractivity contribution in [1.29, 1.82) is 0 Å². The van der Waals surface area contributed by atoms with E-state index in [-0.39, 0.29) is 0 Å². The first-order valence-electron chi connectivity index (χ1n) is 9.39. The maximum atomic E-state index is 6.50. The fraction of sp³-hybridized carbons (Fsp3) is 0.333. The van der Waals surface area contributed by atoms with Crippen LogP contribution in [0.25, 0.3) is 11.4 Å². The lowest BCUT2D eigenvalue weighted by molar-refractivity contribution is 0.339. The molecule has 3 nitrogen and oxygen atoms in total. The molecule has 0 atom stereocenters. The highest BCUT2D eigenvalue weighted by Crippen LogP contribution is 2.38. The van der Waals surface area contributed by atoms with Crippen LogP contribution in [0.3, 0.4) is 0 Å². The largest absolute Gasteiger partial charge is 0.299 e. The van der Waals surface area contributed by atoms with Gasteiger partial charge in [0.15, 0.2) is 11.0 Å². The van der Waals surface area contributed by atoms with E-state index in [1.807, 2.05) is 12.1 Å². The minimum absolute atomic E-state index is 0.415. The zero-order valence-corrected chi connectivity index (χ0v) is 19.2. The lowest BCUT2D eigenvalue weighted by atomic mass is 9.95. The molecule has 1 aliphatic rings. The monoisotopic (exact) mass is 495 g/mol. The first-order valence-corrected chi connectivity index (χ1v) is 11.9. The van der Waals surface area contributed by atoms with Crippen LogP contribution in [0, 0.1) is 0 Å².